The van der Waals surface area contributed by atoms with E-state index < -0.39 is 23.8 Å². The Morgan fingerprint density at radius 2 is 1.92 bits per heavy atom. The van der Waals surface area contributed by atoms with E-state index >= 15 is 0 Å². The first-order valence-electron chi connectivity index (χ1n) is 12.0. The van der Waals surface area contributed by atoms with E-state index in [-0.39, 0.29) is 28.5 Å². The van der Waals surface area contributed by atoms with E-state index in [0.717, 1.165) is 30.3 Å². The average molecular weight is 495 g/mol. The van der Waals surface area contributed by atoms with Crippen LogP contribution in [0.15, 0.2) is 39.9 Å². The number of pyridine rings is 1. The van der Waals surface area contributed by atoms with Gasteiger partial charge in [0.1, 0.15) is 12.3 Å². The number of hydrogen-bond donors (Lipinski definition) is 0. The maximum absolute atomic E-state index is 13.8. The van der Waals surface area contributed by atoms with Crippen LogP contribution in [-0.2, 0) is 16.1 Å². The Bertz CT molecular complexity index is 1440. The molecule has 10 nitrogen and oxygen atoms in total. The number of carbonyl (C=O) groups is 2. The van der Waals surface area contributed by atoms with Crippen molar-refractivity contribution in [1.82, 2.24) is 19.0 Å². The van der Waals surface area contributed by atoms with Gasteiger partial charge in [0.15, 0.2) is 5.65 Å². The largest absolute Gasteiger partial charge is 0.497 e. The quantitative estimate of drug-likeness (QED) is 0.484. The molecule has 190 valence electrons. The molecular formula is C26H30N4O6. The van der Waals surface area contributed by atoms with Gasteiger partial charge in [-0.25, -0.2) is 23.7 Å². The van der Waals surface area contributed by atoms with E-state index in [1.807, 2.05) is 6.92 Å². The minimum Gasteiger partial charge on any atom is -0.497 e. The lowest BCUT2D eigenvalue weighted by Gasteiger charge is -2.35. The molecule has 1 amide bonds. The standard InChI is InChI=1S/C26H30N4O6/c1-5-17-9-6-7-12-28(17)21(31)15-29-24(32)22-20(25(33)36-4)13-16(2)27-23(22)30(26(29)34)18-10-8-11-19(14-18)35-3/h8,10-11,13-14,17H,5-7,9,12,15H2,1-4H3/t17-/m0/s1. The number of nitrogens with zero attached hydrogens (tertiary/aromatic N) is 4. The van der Waals surface area contributed by atoms with Gasteiger partial charge < -0.3 is 14.4 Å². The zero-order valence-corrected chi connectivity index (χ0v) is 20.9. The summed E-state index contributed by atoms with van der Waals surface area (Å²) < 4.78 is 12.3. The Balaban J connectivity index is 2.00. The molecule has 1 saturated heterocycles. The van der Waals surface area contributed by atoms with Gasteiger partial charge in [0.25, 0.3) is 5.56 Å². The molecule has 0 bridgehead atoms. The van der Waals surface area contributed by atoms with Gasteiger partial charge in [0.2, 0.25) is 5.91 Å². The number of aromatic nitrogens is 3. The molecular weight excluding hydrogens is 464 g/mol. The number of methoxy groups -OCH3 is 2. The van der Waals surface area contributed by atoms with Crippen molar-refractivity contribution in [3.63, 3.8) is 0 Å². The normalized spacial score (nSPS) is 15.7. The Morgan fingerprint density at radius 3 is 2.61 bits per heavy atom. The molecule has 0 unspecified atom stereocenters. The fourth-order valence-corrected chi connectivity index (χ4v) is 4.83. The van der Waals surface area contributed by atoms with E-state index in [1.165, 1.54) is 24.9 Å². The van der Waals surface area contributed by atoms with Crippen molar-refractivity contribution in [2.75, 3.05) is 20.8 Å². The second-order valence-electron chi connectivity index (χ2n) is 8.86. The highest BCUT2D eigenvalue weighted by molar-refractivity contribution is 6.02. The number of esters is 1. The van der Waals surface area contributed by atoms with Crippen LogP contribution < -0.4 is 16.0 Å². The van der Waals surface area contributed by atoms with E-state index in [9.17, 15) is 19.2 Å². The second-order valence-corrected chi connectivity index (χ2v) is 8.86. The molecule has 0 saturated carbocycles. The maximum Gasteiger partial charge on any atom is 0.338 e. The molecule has 1 fully saturated rings. The molecule has 3 heterocycles. The van der Waals surface area contributed by atoms with E-state index in [0.29, 0.717) is 23.7 Å². The van der Waals surface area contributed by atoms with Crippen LogP contribution in [0.25, 0.3) is 16.7 Å². The highest BCUT2D eigenvalue weighted by Crippen LogP contribution is 2.22. The van der Waals surface area contributed by atoms with Gasteiger partial charge in [-0.3, -0.25) is 9.59 Å². The summed E-state index contributed by atoms with van der Waals surface area (Å²) in [5.74, 6) is -0.559. The third kappa shape index (κ3) is 4.50. The minimum atomic E-state index is -0.763. The van der Waals surface area contributed by atoms with Crippen LogP contribution in [0.5, 0.6) is 5.75 Å². The molecule has 4 rings (SSSR count). The molecule has 36 heavy (non-hydrogen) atoms. The van der Waals surface area contributed by atoms with Crippen LogP contribution >= 0.6 is 0 Å². The molecule has 1 aromatic carbocycles. The number of hydrogen-bond acceptors (Lipinski definition) is 7. The summed E-state index contributed by atoms with van der Waals surface area (Å²) in [6, 6.07) is 8.22. The van der Waals surface area contributed by atoms with E-state index in [2.05, 4.69) is 4.98 Å². The number of rotatable bonds is 6. The van der Waals surface area contributed by atoms with Crippen molar-refractivity contribution >= 4 is 22.9 Å². The van der Waals surface area contributed by atoms with Crippen molar-refractivity contribution in [3.8, 4) is 11.4 Å². The number of carbonyl (C=O) groups excluding carboxylic acids is 2. The van der Waals surface area contributed by atoms with Crippen LogP contribution in [0.2, 0.25) is 0 Å². The summed E-state index contributed by atoms with van der Waals surface area (Å²) in [7, 11) is 2.71. The maximum atomic E-state index is 13.8. The van der Waals surface area contributed by atoms with Crippen LogP contribution in [0, 0.1) is 6.92 Å². The number of likely N-dealkylation sites (tertiary alicyclic amines) is 1. The molecule has 3 aromatic rings. The number of amides is 1. The molecule has 2 aromatic heterocycles. The lowest BCUT2D eigenvalue weighted by molar-refractivity contribution is -0.135. The molecule has 0 N–H and O–H groups in total. The second kappa shape index (κ2) is 10.3. The predicted octanol–water partition coefficient (Wildman–Crippen LogP) is 2.44. The molecule has 1 atom stereocenters. The van der Waals surface area contributed by atoms with E-state index in [1.54, 1.807) is 36.1 Å². The topological polar surface area (TPSA) is 113 Å². The highest BCUT2D eigenvalue weighted by atomic mass is 16.5. The molecule has 0 aliphatic carbocycles. The Labute approximate surface area is 208 Å². The molecule has 0 spiro atoms. The number of ether oxygens (including phenoxy) is 2. The van der Waals surface area contributed by atoms with Gasteiger partial charge in [-0.15, -0.1) is 0 Å². The molecule has 10 heteroatoms. The highest BCUT2D eigenvalue weighted by Gasteiger charge is 2.28. The molecule has 1 aliphatic heterocycles. The van der Waals surface area contributed by atoms with Crippen LogP contribution in [0.1, 0.15) is 48.7 Å². The first-order chi connectivity index (χ1) is 17.3. The van der Waals surface area contributed by atoms with Crippen molar-refractivity contribution in [2.45, 2.75) is 52.1 Å². The smallest absolute Gasteiger partial charge is 0.338 e. The predicted molar refractivity (Wildman–Crippen MR) is 134 cm³/mol. The number of aryl methyl sites for hydroxylation is 1. The lowest BCUT2D eigenvalue weighted by Crippen LogP contribution is -2.49. The number of piperidine rings is 1. The number of fused-ring (bicyclic) bond motifs is 1. The fraction of sp³-hybridized carbons (Fsp3) is 0.423. The fourth-order valence-electron chi connectivity index (χ4n) is 4.83. The summed E-state index contributed by atoms with van der Waals surface area (Å²) in [5, 5.41) is -0.0895. The summed E-state index contributed by atoms with van der Waals surface area (Å²) in [6.45, 7) is 3.81. The average Bonchev–Trinajstić information content (AvgIpc) is 2.90. The third-order valence-electron chi connectivity index (χ3n) is 6.65. The van der Waals surface area contributed by atoms with Crippen LogP contribution in [0.3, 0.4) is 0 Å². The minimum absolute atomic E-state index is 0.00626. The monoisotopic (exact) mass is 494 g/mol. The summed E-state index contributed by atoms with van der Waals surface area (Å²) in [4.78, 5) is 59.7. The summed E-state index contributed by atoms with van der Waals surface area (Å²) in [5.41, 5.74) is -0.706. The molecule has 1 aliphatic rings. The van der Waals surface area contributed by atoms with Gasteiger partial charge in [-0.2, -0.15) is 0 Å². The first-order valence-corrected chi connectivity index (χ1v) is 12.0. The zero-order chi connectivity index (χ0) is 26.0. The first kappa shape index (κ1) is 25.2. The lowest BCUT2D eigenvalue weighted by atomic mass is 10.00. The van der Waals surface area contributed by atoms with Gasteiger partial charge in [0, 0.05) is 24.3 Å². The van der Waals surface area contributed by atoms with E-state index in [4.69, 9.17) is 9.47 Å². The van der Waals surface area contributed by atoms with Gasteiger partial charge in [-0.05, 0) is 50.8 Å². The van der Waals surface area contributed by atoms with Crippen molar-refractivity contribution in [1.29, 1.82) is 0 Å². The Hall–Kier alpha value is -3.95. The summed E-state index contributed by atoms with van der Waals surface area (Å²) in [6.07, 6.45) is 3.59. The van der Waals surface area contributed by atoms with Crippen molar-refractivity contribution in [3.05, 3.63) is 62.4 Å². The van der Waals surface area contributed by atoms with Gasteiger partial charge >= 0.3 is 11.7 Å². The Kier molecular flexibility index (Phi) is 7.23. The number of benzene rings is 1. The van der Waals surface area contributed by atoms with Gasteiger partial charge in [0.05, 0.1) is 30.9 Å². The molecule has 0 radical (unpaired) electrons. The summed E-state index contributed by atoms with van der Waals surface area (Å²) >= 11 is 0. The van der Waals surface area contributed by atoms with Crippen LogP contribution in [-0.4, -0.2) is 57.7 Å². The van der Waals surface area contributed by atoms with Gasteiger partial charge in [-0.1, -0.05) is 13.0 Å². The third-order valence-corrected chi connectivity index (χ3v) is 6.65. The van der Waals surface area contributed by atoms with Crippen LogP contribution in [0.4, 0.5) is 0 Å². The van der Waals surface area contributed by atoms with Crippen molar-refractivity contribution < 1.29 is 19.1 Å². The SMILES string of the molecule is CC[C@H]1CCCCN1C(=O)Cn1c(=O)c2c(C(=O)OC)cc(C)nc2n(-c2cccc(OC)c2)c1=O. The Morgan fingerprint density at radius 1 is 1.14 bits per heavy atom. The zero-order valence-electron chi connectivity index (χ0n) is 20.9. The van der Waals surface area contributed by atoms with Crippen molar-refractivity contribution in [2.24, 2.45) is 0 Å².